The van der Waals surface area contributed by atoms with Crippen molar-refractivity contribution >= 4 is 28.2 Å². The molecule has 0 radical (unpaired) electrons. The largest absolute Gasteiger partial charge is 0.365 e. The predicted molar refractivity (Wildman–Crippen MR) is 103 cm³/mol. The van der Waals surface area contributed by atoms with Crippen molar-refractivity contribution in [2.24, 2.45) is 5.73 Å². The number of carbonyl (C=O) groups is 2. The Morgan fingerprint density at radius 2 is 1.92 bits per heavy atom. The Kier molecular flexibility index (Phi) is 4.54. The Labute approximate surface area is 157 Å². The summed E-state index contributed by atoms with van der Waals surface area (Å²) in [5.74, 6) is -0.622. The minimum Gasteiger partial charge on any atom is -0.365 e. The van der Waals surface area contributed by atoms with Gasteiger partial charge in [0.2, 0.25) is 0 Å². The molecule has 2 aliphatic rings. The molecule has 5 nitrogen and oxygen atoms in total. The molecule has 136 valence electrons. The van der Waals surface area contributed by atoms with E-state index in [1.807, 2.05) is 12.1 Å². The van der Waals surface area contributed by atoms with Crippen LogP contribution >= 0.6 is 11.3 Å². The maximum atomic E-state index is 12.8. The van der Waals surface area contributed by atoms with E-state index in [0.29, 0.717) is 16.1 Å². The number of amides is 2. The molecule has 6 heteroatoms. The van der Waals surface area contributed by atoms with Gasteiger partial charge < -0.3 is 16.0 Å². The maximum absolute atomic E-state index is 12.8. The SMILES string of the molecule is C[NH+]1CCc2c(sc(NC(=O)c3ccc4c(c3)CCCC4)c2C(N)=O)C1. The fourth-order valence-electron chi connectivity index (χ4n) is 4.02. The van der Waals surface area contributed by atoms with Crippen LogP contribution in [0.25, 0.3) is 0 Å². The molecule has 1 atom stereocenters. The lowest BCUT2D eigenvalue weighted by atomic mass is 9.90. The third kappa shape index (κ3) is 3.15. The van der Waals surface area contributed by atoms with Gasteiger partial charge >= 0.3 is 0 Å². The topological polar surface area (TPSA) is 76.6 Å². The number of rotatable bonds is 3. The Hall–Kier alpha value is -2.18. The van der Waals surface area contributed by atoms with Crippen molar-refractivity contribution in [3.63, 3.8) is 0 Å². The summed E-state index contributed by atoms with van der Waals surface area (Å²) in [6.07, 6.45) is 5.35. The van der Waals surface area contributed by atoms with E-state index >= 15 is 0 Å². The van der Waals surface area contributed by atoms with Crippen LogP contribution in [0.3, 0.4) is 0 Å². The Morgan fingerprint density at radius 3 is 2.69 bits per heavy atom. The Morgan fingerprint density at radius 1 is 1.15 bits per heavy atom. The Bertz CT molecular complexity index is 887. The number of carbonyl (C=O) groups excluding carboxylic acids is 2. The highest BCUT2D eigenvalue weighted by atomic mass is 32.1. The monoisotopic (exact) mass is 370 g/mol. The number of anilines is 1. The molecular weight excluding hydrogens is 346 g/mol. The predicted octanol–water partition coefficient (Wildman–Crippen LogP) is 1.55. The second-order valence-electron chi connectivity index (χ2n) is 7.35. The highest BCUT2D eigenvalue weighted by Crippen LogP contribution is 2.34. The van der Waals surface area contributed by atoms with Crippen molar-refractivity contribution in [2.75, 3.05) is 18.9 Å². The van der Waals surface area contributed by atoms with Crippen molar-refractivity contribution in [1.82, 2.24) is 0 Å². The van der Waals surface area contributed by atoms with Crippen LogP contribution in [0.4, 0.5) is 5.00 Å². The van der Waals surface area contributed by atoms with Gasteiger partial charge in [0.15, 0.2) is 0 Å². The molecule has 1 unspecified atom stereocenters. The van der Waals surface area contributed by atoms with Gasteiger partial charge in [0.05, 0.1) is 24.0 Å². The van der Waals surface area contributed by atoms with Crippen molar-refractivity contribution in [2.45, 2.75) is 38.6 Å². The number of hydrogen-bond donors (Lipinski definition) is 3. The smallest absolute Gasteiger partial charge is 0.256 e. The molecule has 4 rings (SSSR count). The summed E-state index contributed by atoms with van der Waals surface area (Å²) in [4.78, 5) is 27.4. The van der Waals surface area contributed by atoms with Gasteiger partial charge in [0.1, 0.15) is 11.5 Å². The number of nitrogens with two attached hydrogens (primary N) is 1. The first-order chi connectivity index (χ1) is 12.5. The second-order valence-corrected chi connectivity index (χ2v) is 8.46. The molecule has 0 spiro atoms. The third-order valence-corrected chi connectivity index (χ3v) is 6.59. The number of benzene rings is 1. The van der Waals surface area contributed by atoms with Gasteiger partial charge in [0.25, 0.3) is 11.8 Å². The average molecular weight is 370 g/mol. The molecule has 26 heavy (non-hydrogen) atoms. The van der Waals surface area contributed by atoms with E-state index in [1.54, 1.807) is 0 Å². The zero-order valence-electron chi connectivity index (χ0n) is 15.0. The summed E-state index contributed by atoms with van der Waals surface area (Å²) in [6, 6.07) is 5.95. The van der Waals surface area contributed by atoms with Gasteiger partial charge in [-0.05, 0) is 54.5 Å². The molecule has 4 N–H and O–H groups in total. The van der Waals surface area contributed by atoms with Crippen LogP contribution in [0.2, 0.25) is 0 Å². The van der Waals surface area contributed by atoms with E-state index in [-0.39, 0.29) is 5.91 Å². The number of hydrogen-bond acceptors (Lipinski definition) is 3. The van der Waals surface area contributed by atoms with Gasteiger partial charge in [-0.15, -0.1) is 11.3 Å². The third-order valence-electron chi connectivity index (χ3n) is 5.44. The van der Waals surface area contributed by atoms with Gasteiger partial charge in [-0.2, -0.15) is 0 Å². The maximum Gasteiger partial charge on any atom is 0.256 e. The number of aryl methyl sites for hydroxylation is 2. The highest BCUT2D eigenvalue weighted by Gasteiger charge is 2.28. The lowest BCUT2D eigenvalue weighted by molar-refractivity contribution is -0.895. The van der Waals surface area contributed by atoms with Gasteiger partial charge in [-0.25, -0.2) is 0 Å². The zero-order chi connectivity index (χ0) is 18.3. The molecule has 1 aliphatic heterocycles. The normalized spacial score (nSPS) is 18.7. The standard InChI is InChI=1S/C20H23N3O2S/c1-23-9-8-15-16(11-23)26-20(17(15)18(21)24)22-19(25)14-7-6-12-4-2-3-5-13(12)10-14/h6-7,10H,2-5,8-9,11H2,1H3,(H2,21,24)(H,22,25)/p+1. The van der Waals surface area contributed by atoms with Gasteiger partial charge in [-0.3, -0.25) is 9.59 Å². The lowest BCUT2D eigenvalue weighted by Gasteiger charge is -2.19. The minimum absolute atomic E-state index is 0.167. The summed E-state index contributed by atoms with van der Waals surface area (Å²) in [6.45, 7) is 1.84. The molecule has 0 fully saturated rings. The van der Waals surface area contributed by atoms with E-state index < -0.39 is 5.91 Å². The molecule has 0 bridgehead atoms. The van der Waals surface area contributed by atoms with Gasteiger partial charge in [-0.1, -0.05) is 6.07 Å². The average Bonchev–Trinajstić information content (AvgIpc) is 2.98. The molecule has 1 aliphatic carbocycles. The van der Waals surface area contributed by atoms with Crippen LogP contribution in [0, 0.1) is 0 Å². The highest BCUT2D eigenvalue weighted by molar-refractivity contribution is 7.17. The summed E-state index contributed by atoms with van der Waals surface area (Å²) in [5, 5.41) is 3.55. The molecule has 1 aromatic carbocycles. The van der Waals surface area contributed by atoms with E-state index in [0.717, 1.165) is 42.8 Å². The zero-order valence-corrected chi connectivity index (χ0v) is 15.8. The van der Waals surface area contributed by atoms with Crippen molar-refractivity contribution in [3.05, 3.63) is 50.9 Å². The Balaban J connectivity index is 1.63. The number of quaternary nitrogens is 1. The van der Waals surface area contributed by atoms with Gasteiger partial charge in [0, 0.05) is 12.0 Å². The van der Waals surface area contributed by atoms with Crippen molar-refractivity contribution in [3.8, 4) is 0 Å². The van der Waals surface area contributed by atoms with E-state index in [9.17, 15) is 9.59 Å². The molecule has 1 aromatic heterocycles. The van der Waals surface area contributed by atoms with Crippen molar-refractivity contribution in [1.29, 1.82) is 0 Å². The quantitative estimate of drug-likeness (QED) is 0.767. The number of primary amides is 1. The number of fused-ring (bicyclic) bond motifs is 2. The first-order valence-electron chi connectivity index (χ1n) is 9.21. The number of thiophene rings is 1. The minimum atomic E-state index is -0.456. The van der Waals surface area contributed by atoms with E-state index in [2.05, 4.69) is 18.4 Å². The van der Waals surface area contributed by atoms with Crippen LogP contribution in [-0.2, 0) is 25.8 Å². The van der Waals surface area contributed by atoms with E-state index in [4.69, 9.17) is 5.73 Å². The van der Waals surface area contributed by atoms with Crippen LogP contribution in [0.5, 0.6) is 0 Å². The first kappa shape index (κ1) is 17.2. The van der Waals surface area contributed by atoms with Crippen LogP contribution in [-0.4, -0.2) is 25.4 Å². The summed E-state index contributed by atoms with van der Waals surface area (Å²) < 4.78 is 0. The molecule has 0 saturated heterocycles. The lowest BCUT2D eigenvalue weighted by Crippen LogP contribution is -3.08. The summed E-state index contributed by atoms with van der Waals surface area (Å²) in [5.41, 5.74) is 10.4. The first-order valence-corrected chi connectivity index (χ1v) is 10.0. The van der Waals surface area contributed by atoms with Crippen molar-refractivity contribution < 1.29 is 14.5 Å². The summed E-state index contributed by atoms with van der Waals surface area (Å²) in [7, 11) is 2.14. The van der Waals surface area contributed by atoms with Crippen LogP contribution in [0.1, 0.15) is 55.1 Å². The fraction of sp³-hybridized carbons (Fsp3) is 0.400. The summed E-state index contributed by atoms with van der Waals surface area (Å²) >= 11 is 1.49. The number of nitrogens with one attached hydrogen (secondary N) is 2. The van der Waals surface area contributed by atoms with Crippen LogP contribution < -0.4 is 16.0 Å². The fourth-order valence-corrected chi connectivity index (χ4v) is 5.38. The number of likely N-dealkylation sites (N-methyl/N-ethyl adjacent to an activating group) is 1. The molecule has 0 saturated carbocycles. The molecule has 2 heterocycles. The molecule has 2 amide bonds. The second kappa shape index (κ2) is 6.85. The molecule has 2 aromatic rings. The van der Waals surface area contributed by atoms with E-state index in [1.165, 1.54) is 40.2 Å². The molecular formula is C20H24N3O2S+. The van der Waals surface area contributed by atoms with Crippen LogP contribution in [0.15, 0.2) is 18.2 Å².